The molecule has 0 aromatic carbocycles. The van der Waals surface area contributed by atoms with Crippen molar-refractivity contribution in [2.24, 2.45) is 0 Å². The number of hydrogen-bond acceptors (Lipinski definition) is 4. The first-order valence-corrected chi connectivity index (χ1v) is 9.70. The molecule has 0 aliphatic heterocycles. The van der Waals surface area contributed by atoms with Crippen molar-refractivity contribution in [2.75, 3.05) is 13.2 Å². The highest BCUT2D eigenvalue weighted by Gasteiger charge is 2.24. The molecule has 0 aliphatic rings. The van der Waals surface area contributed by atoms with Crippen LogP contribution in [0, 0.1) is 12.0 Å². The minimum absolute atomic E-state index is 0.220. The normalized spacial score (nSPS) is 12.5. The predicted octanol–water partition coefficient (Wildman–Crippen LogP) is 3.75. The first-order chi connectivity index (χ1) is 10.5. The van der Waals surface area contributed by atoms with E-state index in [2.05, 4.69) is 19.0 Å². The monoisotopic (exact) mass is 334 g/mol. The molecule has 0 radical (unpaired) electrons. The number of ether oxygens (including phenoxy) is 2. The molecule has 0 bridgehead atoms. The highest BCUT2D eigenvalue weighted by atomic mass is 32.2. The number of unbranched alkanes of at least 4 members (excludes halogenated alkanes) is 8. The van der Waals surface area contributed by atoms with Gasteiger partial charge in [-0.05, 0) is 13.3 Å². The topological polar surface area (TPSA) is 72.8 Å². The zero-order chi connectivity index (χ0) is 16.7. The smallest absolute Gasteiger partial charge is 0.306 e. The Morgan fingerprint density at radius 1 is 1.00 bits per heavy atom. The lowest BCUT2D eigenvalue weighted by molar-refractivity contribution is 0.0755. The van der Waals surface area contributed by atoms with Gasteiger partial charge in [0.25, 0.3) is 5.44 Å². The zero-order valence-corrected chi connectivity index (χ0v) is 14.7. The number of hydrogen-bond donors (Lipinski definition) is 1. The molecule has 0 aliphatic carbocycles. The molecular formula is C16H30O5S. The predicted molar refractivity (Wildman–Crippen MR) is 87.9 cm³/mol. The van der Waals surface area contributed by atoms with Crippen molar-refractivity contribution in [1.82, 2.24) is 0 Å². The molecule has 5 nitrogen and oxygen atoms in total. The first-order valence-electron chi connectivity index (χ1n) is 8.19. The number of rotatable bonds is 13. The zero-order valence-electron chi connectivity index (χ0n) is 13.8. The van der Waals surface area contributed by atoms with Gasteiger partial charge in [-0.25, -0.2) is 0 Å². The van der Waals surface area contributed by atoms with Gasteiger partial charge >= 0.3 is 10.1 Å². The molecular weight excluding hydrogens is 304 g/mol. The van der Waals surface area contributed by atoms with E-state index in [1.807, 2.05) is 0 Å². The Hall–Kier alpha value is -0.770. The minimum atomic E-state index is -4.30. The van der Waals surface area contributed by atoms with E-state index in [1.54, 1.807) is 6.92 Å². The van der Waals surface area contributed by atoms with Crippen LogP contribution in [0.1, 0.15) is 71.6 Å². The molecule has 0 aromatic rings. The van der Waals surface area contributed by atoms with Gasteiger partial charge in [0.1, 0.15) is 12.7 Å². The Balaban J connectivity index is 3.72. The highest BCUT2D eigenvalue weighted by molar-refractivity contribution is 7.86. The molecule has 0 heterocycles. The quantitative estimate of drug-likeness (QED) is 0.315. The van der Waals surface area contributed by atoms with E-state index in [1.165, 1.54) is 38.5 Å². The van der Waals surface area contributed by atoms with Crippen LogP contribution >= 0.6 is 0 Å². The third kappa shape index (κ3) is 12.9. The molecule has 1 N–H and O–H groups in total. The van der Waals surface area contributed by atoms with Gasteiger partial charge in [-0.1, -0.05) is 57.8 Å². The maximum atomic E-state index is 11.0. The fourth-order valence-corrected chi connectivity index (χ4v) is 2.34. The molecule has 0 fully saturated rings. The van der Waals surface area contributed by atoms with Crippen LogP contribution in [-0.4, -0.2) is 31.6 Å². The van der Waals surface area contributed by atoms with Crippen molar-refractivity contribution >= 4 is 10.1 Å². The molecule has 0 saturated carbocycles. The van der Waals surface area contributed by atoms with Crippen molar-refractivity contribution < 1.29 is 22.4 Å². The first kappa shape index (κ1) is 21.2. The van der Waals surface area contributed by atoms with Gasteiger partial charge < -0.3 is 9.47 Å². The lowest BCUT2D eigenvalue weighted by atomic mass is 10.1. The van der Waals surface area contributed by atoms with E-state index in [9.17, 15) is 8.42 Å². The molecule has 22 heavy (non-hydrogen) atoms. The van der Waals surface area contributed by atoms with Crippen molar-refractivity contribution in [3.05, 3.63) is 0 Å². The Morgan fingerprint density at radius 3 is 2.14 bits per heavy atom. The van der Waals surface area contributed by atoms with E-state index in [4.69, 9.17) is 14.0 Å². The molecule has 6 heteroatoms. The molecule has 130 valence electrons. The Kier molecular flexibility index (Phi) is 13.4. The summed E-state index contributed by atoms with van der Waals surface area (Å²) in [6.07, 6.45) is 12.8. The second-order valence-electron chi connectivity index (χ2n) is 5.23. The van der Waals surface area contributed by atoms with E-state index >= 15 is 0 Å². The van der Waals surface area contributed by atoms with Crippen molar-refractivity contribution in [2.45, 2.75) is 77.1 Å². The molecule has 0 spiro atoms. The lowest BCUT2D eigenvalue weighted by Gasteiger charge is -2.10. The lowest BCUT2D eigenvalue weighted by Crippen LogP contribution is -2.27. The van der Waals surface area contributed by atoms with Gasteiger partial charge in [0, 0.05) is 13.0 Å². The van der Waals surface area contributed by atoms with Crippen LogP contribution < -0.4 is 0 Å². The summed E-state index contributed by atoms with van der Waals surface area (Å²) in [6, 6.07) is 0. The van der Waals surface area contributed by atoms with Gasteiger partial charge in [-0.15, -0.1) is 0 Å². The van der Waals surface area contributed by atoms with Gasteiger partial charge in [0.05, 0.1) is 0 Å². The van der Waals surface area contributed by atoms with Crippen LogP contribution in [-0.2, 0) is 19.6 Å². The Labute approximate surface area is 135 Å². The van der Waals surface area contributed by atoms with Crippen LogP contribution in [0.5, 0.6) is 0 Å². The molecule has 0 saturated heterocycles. The van der Waals surface area contributed by atoms with Crippen LogP contribution in [0.15, 0.2) is 0 Å². The average Bonchev–Trinajstić information content (AvgIpc) is 2.46. The third-order valence-corrected chi connectivity index (χ3v) is 4.10. The van der Waals surface area contributed by atoms with Crippen molar-refractivity contribution in [3.63, 3.8) is 0 Å². The Morgan fingerprint density at radius 2 is 1.59 bits per heavy atom. The van der Waals surface area contributed by atoms with Gasteiger partial charge in [0.15, 0.2) is 0 Å². The third-order valence-electron chi connectivity index (χ3n) is 3.21. The standard InChI is InChI=1S/C16H30O5S/c1-3-5-6-7-8-9-10-11-12-13-14-21-16(15-20-4-2)22(17,18)19/h16H,3-12,15H2,1-2H3,(H,17,18,19). The maximum Gasteiger partial charge on any atom is 0.306 e. The van der Waals surface area contributed by atoms with E-state index in [-0.39, 0.29) is 6.61 Å². The molecule has 1 unspecified atom stereocenters. The van der Waals surface area contributed by atoms with Gasteiger partial charge in [0.2, 0.25) is 0 Å². The molecule has 1 atom stereocenters. The summed E-state index contributed by atoms with van der Waals surface area (Å²) in [6.45, 7) is 4.07. The fraction of sp³-hybridized carbons (Fsp3) is 0.875. The minimum Gasteiger partial charge on any atom is -0.422 e. The van der Waals surface area contributed by atoms with E-state index in [0.717, 1.165) is 12.8 Å². The SMILES string of the molecule is CCCCCCCCCCC#COC(COCC)S(=O)(=O)O. The Bertz CT molecular complexity index is 408. The van der Waals surface area contributed by atoms with Gasteiger partial charge in [-0.2, -0.15) is 8.42 Å². The van der Waals surface area contributed by atoms with Crippen LogP contribution in [0.4, 0.5) is 0 Å². The largest absolute Gasteiger partial charge is 0.422 e. The second kappa shape index (κ2) is 13.9. The second-order valence-corrected chi connectivity index (χ2v) is 6.78. The molecule has 0 rings (SSSR count). The summed E-state index contributed by atoms with van der Waals surface area (Å²) in [7, 11) is -4.30. The van der Waals surface area contributed by atoms with Gasteiger partial charge in [-0.3, -0.25) is 4.55 Å². The average molecular weight is 334 g/mol. The maximum absolute atomic E-state index is 11.0. The van der Waals surface area contributed by atoms with Crippen LogP contribution in [0.2, 0.25) is 0 Å². The van der Waals surface area contributed by atoms with Crippen molar-refractivity contribution in [1.29, 1.82) is 0 Å². The summed E-state index contributed by atoms with van der Waals surface area (Å²) in [5.41, 5.74) is -1.43. The summed E-state index contributed by atoms with van der Waals surface area (Å²) >= 11 is 0. The fourth-order valence-electron chi connectivity index (χ4n) is 1.90. The van der Waals surface area contributed by atoms with Crippen molar-refractivity contribution in [3.8, 4) is 12.0 Å². The molecule has 0 amide bonds. The molecule has 0 aromatic heterocycles. The van der Waals surface area contributed by atoms with E-state index < -0.39 is 15.6 Å². The summed E-state index contributed by atoms with van der Waals surface area (Å²) in [5, 5.41) is 0. The van der Waals surface area contributed by atoms with Crippen LogP contribution in [0.3, 0.4) is 0 Å². The highest BCUT2D eigenvalue weighted by Crippen LogP contribution is 2.09. The van der Waals surface area contributed by atoms with E-state index in [0.29, 0.717) is 13.0 Å². The summed E-state index contributed by atoms with van der Waals surface area (Å²) in [4.78, 5) is 0. The summed E-state index contributed by atoms with van der Waals surface area (Å²) < 4.78 is 40.8. The van der Waals surface area contributed by atoms with Crippen LogP contribution in [0.25, 0.3) is 0 Å². The summed E-state index contributed by atoms with van der Waals surface area (Å²) in [5.74, 6) is 2.77.